The van der Waals surface area contributed by atoms with Crippen molar-refractivity contribution in [2.45, 2.75) is 12.8 Å². The highest BCUT2D eigenvalue weighted by Crippen LogP contribution is 2.26. The number of hydrogen-bond donors (Lipinski definition) is 1. The highest BCUT2D eigenvalue weighted by atomic mass is 14.9. The van der Waals surface area contributed by atoms with Crippen molar-refractivity contribution in [1.29, 1.82) is 0 Å². The van der Waals surface area contributed by atoms with Crippen LogP contribution in [0.4, 0.5) is 0 Å². The molecule has 0 amide bonds. The second kappa shape index (κ2) is 5.80. The average Bonchev–Trinajstić information content (AvgIpc) is 2.52. The summed E-state index contributed by atoms with van der Waals surface area (Å²) < 4.78 is 0. The Labute approximate surface area is 118 Å². The van der Waals surface area contributed by atoms with Crippen molar-refractivity contribution in [2.24, 2.45) is 5.73 Å². The lowest BCUT2D eigenvalue weighted by Gasteiger charge is -2.07. The topological polar surface area (TPSA) is 51.8 Å². The molecule has 0 atom stereocenters. The van der Waals surface area contributed by atoms with Crippen LogP contribution in [0.15, 0.2) is 54.7 Å². The molecule has 3 rings (SSSR count). The summed E-state index contributed by atoms with van der Waals surface area (Å²) >= 11 is 0. The van der Waals surface area contributed by atoms with Gasteiger partial charge in [0.05, 0.1) is 5.69 Å². The minimum Gasteiger partial charge on any atom is -0.330 e. The van der Waals surface area contributed by atoms with E-state index in [-0.39, 0.29) is 0 Å². The first-order chi connectivity index (χ1) is 9.88. The lowest BCUT2D eigenvalue weighted by molar-refractivity contribution is 0.782. The summed E-state index contributed by atoms with van der Waals surface area (Å²) in [7, 11) is 0. The van der Waals surface area contributed by atoms with Crippen LogP contribution in [0.2, 0.25) is 0 Å². The summed E-state index contributed by atoms with van der Waals surface area (Å²) in [5.74, 6) is 0.862. The number of nitrogens with two attached hydrogens (primary N) is 1. The number of aromatic nitrogens is 2. The van der Waals surface area contributed by atoms with Gasteiger partial charge in [-0.05, 0) is 29.8 Å². The van der Waals surface area contributed by atoms with E-state index in [2.05, 4.69) is 52.4 Å². The van der Waals surface area contributed by atoms with Gasteiger partial charge in [-0.3, -0.25) is 0 Å². The lowest BCUT2D eigenvalue weighted by atomic mass is 10.0. The van der Waals surface area contributed by atoms with E-state index in [0.29, 0.717) is 6.54 Å². The van der Waals surface area contributed by atoms with Crippen molar-refractivity contribution < 1.29 is 0 Å². The van der Waals surface area contributed by atoms with Crippen LogP contribution >= 0.6 is 0 Å². The van der Waals surface area contributed by atoms with Gasteiger partial charge in [-0.25, -0.2) is 9.97 Å². The van der Waals surface area contributed by atoms with Crippen LogP contribution in [0.1, 0.15) is 12.2 Å². The highest BCUT2D eigenvalue weighted by Gasteiger charge is 2.06. The molecule has 0 aliphatic rings. The molecule has 0 saturated carbocycles. The van der Waals surface area contributed by atoms with Gasteiger partial charge in [-0.1, -0.05) is 42.5 Å². The molecule has 1 heterocycles. The summed E-state index contributed by atoms with van der Waals surface area (Å²) in [5.41, 5.74) is 7.67. The minimum absolute atomic E-state index is 0.669. The third-order valence-electron chi connectivity index (χ3n) is 3.38. The molecule has 20 heavy (non-hydrogen) atoms. The fourth-order valence-corrected chi connectivity index (χ4v) is 2.38. The van der Waals surface area contributed by atoms with Crippen molar-refractivity contribution in [2.75, 3.05) is 6.54 Å². The average molecular weight is 263 g/mol. The van der Waals surface area contributed by atoms with E-state index in [1.807, 2.05) is 12.3 Å². The molecule has 2 N–H and O–H groups in total. The second-order valence-electron chi connectivity index (χ2n) is 4.78. The van der Waals surface area contributed by atoms with Crippen molar-refractivity contribution in [1.82, 2.24) is 9.97 Å². The summed E-state index contributed by atoms with van der Waals surface area (Å²) in [6.45, 7) is 0.669. The van der Waals surface area contributed by atoms with Gasteiger partial charge in [0.2, 0.25) is 0 Å². The highest BCUT2D eigenvalue weighted by molar-refractivity contribution is 5.95. The Morgan fingerprint density at radius 1 is 0.950 bits per heavy atom. The number of fused-ring (bicyclic) bond motifs is 1. The monoisotopic (exact) mass is 263 g/mol. The molecule has 0 radical (unpaired) electrons. The summed E-state index contributed by atoms with van der Waals surface area (Å²) in [6, 6.07) is 16.6. The van der Waals surface area contributed by atoms with Crippen LogP contribution in [0.3, 0.4) is 0 Å². The second-order valence-corrected chi connectivity index (χ2v) is 4.78. The van der Waals surface area contributed by atoms with Crippen molar-refractivity contribution in [3.05, 3.63) is 60.6 Å². The third-order valence-corrected chi connectivity index (χ3v) is 3.38. The maximum Gasteiger partial charge on any atom is 0.128 e. The van der Waals surface area contributed by atoms with E-state index in [0.717, 1.165) is 29.9 Å². The Balaban J connectivity index is 2.06. The molecule has 100 valence electrons. The summed E-state index contributed by atoms with van der Waals surface area (Å²) in [4.78, 5) is 8.98. The van der Waals surface area contributed by atoms with Gasteiger partial charge in [0, 0.05) is 18.2 Å². The summed E-state index contributed by atoms with van der Waals surface area (Å²) in [5, 5.41) is 2.45. The standard InChI is InChI=1S/C17H17N3/c18-11-4-9-17-19-12-10-16(20-17)15-8-3-6-13-5-1-2-7-14(13)15/h1-3,5-8,10,12H,4,9,11,18H2. The fraction of sp³-hybridized carbons (Fsp3) is 0.176. The molecule has 0 fully saturated rings. The predicted octanol–water partition coefficient (Wildman–Crippen LogP) is 3.19. The maximum absolute atomic E-state index is 5.54. The predicted molar refractivity (Wildman–Crippen MR) is 82.3 cm³/mol. The molecule has 0 spiro atoms. The number of benzene rings is 2. The number of aryl methyl sites for hydroxylation is 1. The fourth-order valence-electron chi connectivity index (χ4n) is 2.38. The SMILES string of the molecule is NCCCc1nccc(-c2cccc3ccccc23)n1. The van der Waals surface area contributed by atoms with Crippen LogP contribution < -0.4 is 5.73 Å². The van der Waals surface area contributed by atoms with E-state index in [1.54, 1.807) is 0 Å². The van der Waals surface area contributed by atoms with Gasteiger partial charge in [0.15, 0.2) is 0 Å². The van der Waals surface area contributed by atoms with Crippen molar-refractivity contribution in [3.63, 3.8) is 0 Å². The molecule has 2 aromatic carbocycles. The van der Waals surface area contributed by atoms with E-state index < -0.39 is 0 Å². The Kier molecular flexibility index (Phi) is 3.70. The van der Waals surface area contributed by atoms with Crippen molar-refractivity contribution >= 4 is 10.8 Å². The molecular formula is C17H17N3. The Morgan fingerprint density at radius 3 is 2.70 bits per heavy atom. The molecule has 0 bridgehead atoms. The largest absolute Gasteiger partial charge is 0.330 e. The minimum atomic E-state index is 0.669. The van der Waals surface area contributed by atoms with E-state index >= 15 is 0 Å². The number of nitrogens with zero attached hydrogens (tertiary/aromatic N) is 2. The zero-order valence-corrected chi connectivity index (χ0v) is 11.3. The Hall–Kier alpha value is -2.26. The number of hydrogen-bond acceptors (Lipinski definition) is 3. The maximum atomic E-state index is 5.54. The molecule has 0 saturated heterocycles. The first kappa shape index (κ1) is 12.8. The molecule has 0 aliphatic carbocycles. The number of rotatable bonds is 4. The van der Waals surface area contributed by atoms with Gasteiger partial charge in [0.25, 0.3) is 0 Å². The quantitative estimate of drug-likeness (QED) is 0.786. The zero-order chi connectivity index (χ0) is 13.8. The van der Waals surface area contributed by atoms with E-state index in [4.69, 9.17) is 5.73 Å². The molecule has 0 aliphatic heterocycles. The normalized spacial score (nSPS) is 10.8. The van der Waals surface area contributed by atoms with Crippen LogP contribution in [0.25, 0.3) is 22.0 Å². The van der Waals surface area contributed by atoms with E-state index in [1.165, 1.54) is 10.8 Å². The van der Waals surface area contributed by atoms with Gasteiger partial charge < -0.3 is 5.73 Å². The van der Waals surface area contributed by atoms with Crippen LogP contribution in [0, 0.1) is 0 Å². The van der Waals surface area contributed by atoms with Crippen LogP contribution in [-0.4, -0.2) is 16.5 Å². The zero-order valence-electron chi connectivity index (χ0n) is 11.3. The molecule has 3 nitrogen and oxygen atoms in total. The molecule has 3 heteroatoms. The molecule has 3 aromatic rings. The van der Waals surface area contributed by atoms with Gasteiger partial charge >= 0.3 is 0 Å². The van der Waals surface area contributed by atoms with E-state index in [9.17, 15) is 0 Å². The smallest absolute Gasteiger partial charge is 0.128 e. The third kappa shape index (κ3) is 2.53. The molecule has 0 unspecified atom stereocenters. The van der Waals surface area contributed by atoms with Gasteiger partial charge in [-0.15, -0.1) is 0 Å². The Bertz CT molecular complexity index is 717. The van der Waals surface area contributed by atoms with Gasteiger partial charge in [-0.2, -0.15) is 0 Å². The first-order valence-electron chi connectivity index (χ1n) is 6.88. The summed E-state index contributed by atoms with van der Waals surface area (Å²) in [6.07, 6.45) is 3.57. The molecular weight excluding hydrogens is 246 g/mol. The van der Waals surface area contributed by atoms with Crippen LogP contribution in [-0.2, 0) is 6.42 Å². The first-order valence-corrected chi connectivity index (χ1v) is 6.88. The molecule has 1 aromatic heterocycles. The van der Waals surface area contributed by atoms with Crippen LogP contribution in [0.5, 0.6) is 0 Å². The lowest BCUT2D eigenvalue weighted by Crippen LogP contribution is -2.03. The Morgan fingerprint density at radius 2 is 1.80 bits per heavy atom. The van der Waals surface area contributed by atoms with Crippen molar-refractivity contribution in [3.8, 4) is 11.3 Å². The van der Waals surface area contributed by atoms with Gasteiger partial charge in [0.1, 0.15) is 5.82 Å².